The highest BCUT2D eigenvalue weighted by Crippen LogP contribution is 2.29. The first-order valence-electron chi connectivity index (χ1n) is 6.12. The molecule has 0 atom stereocenters. The molecule has 0 aromatic carbocycles. The summed E-state index contributed by atoms with van der Waals surface area (Å²) in [6.45, 7) is 11.1. The SMILES string of the molecule is CC[Si](CC)(CC)O[Si](CC)(CC)O[Si]. The average molecular weight is 262 g/mol. The van der Waals surface area contributed by atoms with Crippen LogP contribution in [0.1, 0.15) is 34.6 Å². The quantitative estimate of drug-likeness (QED) is 0.622. The van der Waals surface area contributed by atoms with Crippen LogP contribution in [0, 0.1) is 0 Å². The van der Waals surface area contributed by atoms with Gasteiger partial charge in [-0.25, -0.2) is 0 Å². The summed E-state index contributed by atoms with van der Waals surface area (Å²) >= 11 is 0. The molecule has 3 radical (unpaired) electrons. The summed E-state index contributed by atoms with van der Waals surface area (Å²) < 4.78 is 12.1. The Hall–Kier alpha value is 0.571. The zero-order valence-corrected chi connectivity index (χ0v) is 13.9. The third-order valence-electron chi connectivity index (χ3n) is 3.60. The summed E-state index contributed by atoms with van der Waals surface area (Å²) in [7, 11) is -0.208. The maximum absolute atomic E-state index is 6.53. The Bertz CT molecular complexity index is 134. The van der Waals surface area contributed by atoms with E-state index in [0.29, 0.717) is 0 Å². The second kappa shape index (κ2) is 7.01. The third-order valence-corrected chi connectivity index (χ3v) is 14.3. The molecule has 0 spiro atoms. The van der Waals surface area contributed by atoms with Gasteiger partial charge in [-0.15, -0.1) is 0 Å². The van der Waals surface area contributed by atoms with Gasteiger partial charge >= 0.3 is 8.56 Å². The Labute approximate surface area is 101 Å². The minimum absolute atomic E-state index is 1.03. The Kier molecular flexibility index (Phi) is 7.27. The van der Waals surface area contributed by atoms with Crippen molar-refractivity contribution >= 4 is 27.4 Å². The molecule has 2 nitrogen and oxygen atoms in total. The van der Waals surface area contributed by atoms with Gasteiger partial charge in [-0.3, -0.25) is 0 Å². The maximum Gasteiger partial charge on any atom is 0.316 e. The predicted octanol–water partition coefficient (Wildman–Crippen LogP) is 3.59. The van der Waals surface area contributed by atoms with E-state index in [1.54, 1.807) is 0 Å². The molecule has 0 aromatic heterocycles. The van der Waals surface area contributed by atoms with Gasteiger partial charge in [0.05, 0.1) is 0 Å². The fourth-order valence-electron chi connectivity index (χ4n) is 1.92. The molecule has 0 rings (SSSR count). The van der Waals surface area contributed by atoms with E-state index < -0.39 is 16.9 Å². The molecule has 0 unspecified atom stereocenters. The Morgan fingerprint density at radius 1 is 0.800 bits per heavy atom. The van der Waals surface area contributed by atoms with E-state index in [9.17, 15) is 0 Å². The van der Waals surface area contributed by atoms with Crippen molar-refractivity contribution in [2.45, 2.75) is 64.8 Å². The van der Waals surface area contributed by atoms with Crippen LogP contribution in [0.2, 0.25) is 30.2 Å². The van der Waals surface area contributed by atoms with Crippen LogP contribution in [0.4, 0.5) is 0 Å². The Balaban J connectivity index is 4.74. The van der Waals surface area contributed by atoms with Gasteiger partial charge in [-0.2, -0.15) is 0 Å². The van der Waals surface area contributed by atoms with Crippen LogP contribution >= 0.6 is 0 Å². The van der Waals surface area contributed by atoms with Gasteiger partial charge in [0.2, 0.25) is 10.5 Å². The van der Waals surface area contributed by atoms with Crippen LogP contribution in [0.15, 0.2) is 0 Å². The van der Waals surface area contributed by atoms with Gasteiger partial charge < -0.3 is 8.23 Å². The molecule has 5 heteroatoms. The van der Waals surface area contributed by atoms with E-state index in [0.717, 1.165) is 12.1 Å². The highest BCUT2D eigenvalue weighted by atomic mass is 28.5. The molecule has 15 heavy (non-hydrogen) atoms. The van der Waals surface area contributed by atoms with Crippen molar-refractivity contribution in [1.29, 1.82) is 0 Å². The predicted molar refractivity (Wildman–Crippen MR) is 71.8 cm³/mol. The van der Waals surface area contributed by atoms with Crippen molar-refractivity contribution in [2.75, 3.05) is 0 Å². The van der Waals surface area contributed by atoms with E-state index in [2.05, 4.69) is 45.1 Å². The molecule has 0 N–H and O–H groups in total. The lowest BCUT2D eigenvalue weighted by molar-refractivity contribution is 0.388. The van der Waals surface area contributed by atoms with E-state index in [1.807, 2.05) is 0 Å². The van der Waals surface area contributed by atoms with Crippen molar-refractivity contribution in [3.8, 4) is 0 Å². The minimum Gasteiger partial charge on any atom is -0.437 e. The molecule has 0 amide bonds. The second-order valence-electron chi connectivity index (χ2n) is 4.07. The highest BCUT2D eigenvalue weighted by Gasteiger charge is 2.41. The number of rotatable bonds is 8. The van der Waals surface area contributed by atoms with Crippen molar-refractivity contribution in [3.63, 3.8) is 0 Å². The summed E-state index contributed by atoms with van der Waals surface area (Å²) in [6, 6.07) is 5.66. The highest BCUT2D eigenvalue weighted by molar-refractivity contribution is 6.85. The summed E-state index contributed by atoms with van der Waals surface area (Å²) in [6.07, 6.45) is 0. The van der Waals surface area contributed by atoms with Crippen molar-refractivity contribution in [3.05, 3.63) is 0 Å². The molecule has 0 fully saturated rings. The van der Waals surface area contributed by atoms with Crippen molar-refractivity contribution in [1.82, 2.24) is 0 Å². The molecule has 0 aliphatic rings. The largest absolute Gasteiger partial charge is 0.437 e. The summed E-state index contributed by atoms with van der Waals surface area (Å²) in [5.41, 5.74) is 0. The normalized spacial score (nSPS) is 13.2. The average Bonchev–Trinajstić information content (AvgIpc) is 2.33. The van der Waals surface area contributed by atoms with Gasteiger partial charge in [0.25, 0.3) is 0 Å². The first-order chi connectivity index (χ1) is 7.07. The molecule has 0 aliphatic carbocycles. The summed E-state index contributed by atoms with van der Waals surface area (Å²) in [5.74, 6) is 0. The number of hydrogen-bond donors (Lipinski definition) is 0. The topological polar surface area (TPSA) is 18.5 Å². The van der Waals surface area contributed by atoms with Gasteiger partial charge in [0.15, 0.2) is 8.32 Å². The van der Waals surface area contributed by atoms with Crippen LogP contribution in [0.25, 0.3) is 0 Å². The molecule has 0 saturated carbocycles. The van der Waals surface area contributed by atoms with Gasteiger partial charge in [-0.1, -0.05) is 34.6 Å². The van der Waals surface area contributed by atoms with Crippen molar-refractivity contribution < 1.29 is 8.23 Å². The third kappa shape index (κ3) is 3.81. The van der Waals surface area contributed by atoms with Crippen molar-refractivity contribution in [2.24, 2.45) is 0 Å². The van der Waals surface area contributed by atoms with E-state index >= 15 is 0 Å². The van der Waals surface area contributed by atoms with Crippen LogP contribution < -0.4 is 0 Å². The lowest BCUT2D eigenvalue weighted by atomic mass is 10.9. The first-order valence-corrected chi connectivity index (χ1v) is 11.3. The molecule has 0 aliphatic heterocycles. The van der Waals surface area contributed by atoms with Gasteiger partial charge in [-0.05, 0) is 30.2 Å². The fraction of sp³-hybridized carbons (Fsp3) is 1.00. The molecule has 0 bridgehead atoms. The summed E-state index contributed by atoms with van der Waals surface area (Å²) in [4.78, 5) is 0. The van der Waals surface area contributed by atoms with Gasteiger partial charge in [0, 0.05) is 0 Å². The van der Waals surface area contributed by atoms with E-state index in [1.165, 1.54) is 18.1 Å². The molecule has 0 aromatic rings. The molecular weight excluding hydrogens is 236 g/mol. The molecule has 0 saturated heterocycles. The van der Waals surface area contributed by atoms with Crippen LogP contribution in [-0.4, -0.2) is 27.4 Å². The summed E-state index contributed by atoms with van der Waals surface area (Å²) in [5, 5.41) is 0. The Morgan fingerprint density at radius 2 is 1.20 bits per heavy atom. The molecular formula is C10H25O2Si3. The van der Waals surface area contributed by atoms with Crippen LogP contribution in [0.3, 0.4) is 0 Å². The first kappa shape index (κ1) is 15.6. The van der Waals surface area contributed by atoms with Gasteiger partial charge in [0.1, 0.15) is 0 Å². The monoisotopic (exact) mass is 261 g/mol. The zero-order chi connectivity index (χ0) is 11.9. The molecule has 89 valence electrons. The van der Waals surface area contributed by atoms with E-state index in [4.69, 9.17) is 8.23 Å². The zero-order valence-electron chi connectivity index (χ0n) is 10.9. The lowest BCUT2D eigenvalue weighted by Gasteiger charge is -2.39. The smallest absolute Gasteiger partial charge is 0.316 e. The second-order valence-corrected chi connectivity index (χ2v) is 13.4. The number of hydrogen-bond acceptors (Lipinski definition) is 2. The minimum atomic E-state index is -1.94. The maximum atomic E-state index is 6.53. The molecule has 0 heterocycles. The standard InChI is InChI=1S/C10H25O2Si3/c1-6-14(7-2,8-3)12-15(9-4,10-5)11-13/h6-10H2,1-5H3. The fourth-order valence-corrected chi connectivity index (χ4v) is 11.7. The van der Waals surface area contributed by atoms with Crippen LogP contribution in [-0.2, 0) is 8.23 Å². The van der Waals surface area contributed by atoms with Crippen LogP contribution in [0.5, 0.6) is 0 Å². The Morgan fingerprint density at radius 3 is 1.40 bits per heavy atom. The van der Waals surface area contributed by atoms with E-state index in [-0.39, 0.29) is 0 Å². The lowest BCUT2D eigenvalue weighted by Crippen LogP contribution is -2.51.